The molecule has 150 valence electrons. The summed E-state index contributed by atoms with van der Waals surface area (Å²) >= 11 is 0. The molecule has 1 aliphatic rings. The topological polar surface area (TPSA) is 41.6 Å². The Hall–Kier alpha value is -2.33. The lowest BCUT2D eigenvalue weighted by atomic mass is 9.94. The minimum absolute atomic E-state index is 0.00123. The summed E-state index contributed by atoms with van der Waals surface area (Å²) in [5.74, 6) is 0.818. The molecule has 0 atom stereocenters. The number of rotatable bonds is 7. The molecule has 4 nitrogen and oxygen atoms in total. The molecular weight excluding hydrogens is 348 g/mol. The Morgan fingerprint density at radius 1 is 1.14 bits per heavy atom. The van der Waals surface area contributed by atoms with Gasteiger partial charge in [0, 0.05) is 18.3 Å². The average Bonchev–Trinajstić information content (AvgIpc) is 2.71. The van der Waals surface area contributed by atoms with Crippen molar-refractivity contribution in [2.75, 3.05) is 19.5 Å². The van der Waals surface area contributed by atoms with E-state index in [2.05, 4.69) is 23.3 Å². The van der Waals surface area contributed by atoms with Crippen LogP contribution in [0.3, 0.4) is 0 Å². The molecular formula is C24H32N2O2. The van der Waals surface area contributed by atoms with E-state index in [0.29, 0.717) is 12.5 Å². The lowest BCUT2D eigenvalue weighted by molar-refractivity contribution is -0.115. The van der Waals surface area contributed by atoms with E-state index in [4.69, 9.17) is 4.74 Å². The quantitative estimate of drug-likeness (QED) is 0.739. The van der Waals surface area contributed by atoms with Crippen molar-refractivity contribution in [3.63, 3.8) is 0 Å². The predicted octanol–water partition coefficient (Wildman–Crippen LogP) is 4.95. The maximum Gasteiger partial charge on any atom is 0.228 e. The number of ether oxygens (including phenoxy) is 1. The minimum Gasteiger partial charge on any atom is -0.496 e. The van der Waals surface area contributed by atoms with Crippen molar-refractivity contribution in [1.29, 1.82) is 0 Å². The van der Waals surface area contributed by atoms with E-state index < -0.39 is 0 Å². The van der Waals surface area contributed by atoms with Crippen molar-refractivity contribution < 1.29 is 9.53 Å². The number of nitrogens with zero attached hydrogens (tertiary/aromatic N) is 1. The van der Waals surface area contributed by atoms with Crippen LogP contribution in [0.5, 0.6) is 5.75 Å². The smallest absolute Gasteiger partial charge is 0.228 e. The van der Waals surface area contributed by atoms with Crippen molar-refractivity contribution in [2.45, 2.75) is 58.0 Å². The Morgan fingerprint density at radius 3 is 2.64 bits per heavy atom. The molecule has 0 bridgehead atoms. The normalized spacial score (nSPS) is 14.9. The van der Waals surface area contributed by atoms with Gasteiger partial charge in [-0.25, -0.2) is 0 Å². The van der Waals surface area contributed by atoms with E-state index in [9.17, 15) is 4.79 Å². The van der Waals surface area contributed by atoms with Crippen LogP contribution in [0, 0.1) is 6.92 Å². The molecule has 0 unspecified atom stereocenters. The van der Waals surface area contributed by atoms with Gasteiger partial charge in [-0.3, -0.25) is 9.69 Å². The third-order valence-corrected chi connectivity index (χ3v) is 5.75. The third kappa shape index (κ3) is 5.35. The van der Waals surface area contributed by atoms with Gasteiger partial charge < -0.3 is 10.1 Å². The van der Waals surface area contributed by atoms with Gasteiger partial charge in [-0.05, 0) is 55.6 Å². The first-order valence-corrected chi connectivity index (χ1v) is 10.3. The summed E-state index contributed by atoms with van der Waals surface area (Å²) in [5, 5.41) is 3.11. The molecule has 0 aromatic heterocycles. The number of para-hydroxylation sites is 1. The van der Waals surface area contributed by atoms with Gasteiger partial charge in [0.05, 0.1) is 13.5 Å². The van der Waals surface area contributed by atoms with Crippen LogP contribution in [0.25, 0.3) is 0 Å². The number of hydrogen-bond donors (Lipinski definition) is 1. The van der Waals surface area contributed by atoms with Gasteiger partial charge in [-0.1, -0.05) is 49.6 Å². The summed E-state index contributed by atoms with van der Waals surface area (Å²) in [4.78, 5) is 15.1. The molecule has 1 amide bonds. The Kier molecular flexibility index (Phi) is 7.10. The Bertz CT molecular complexity index is 797. The van der Waals surface area contributed by atoms with Crippen molar-refractivity contribution in [1.82, 2.24) is 4.90 Å². The highest BCUT2D eigenvalue weighted by molar-refractivity contribution is 5.93. The fourth-order valence-electron chi connectivity index (χ4n) is 4.05. The molecule has 1 aliphatic carbocycles. The van der Waals surface area contributed by atoms with Crippen LogP contribution >= 0.6 is 0 Å². The summed E-state index contributed by atoms with van der Waals surface area (Å²) in [6.07, 6.45) is 6.91. The fourth-order valence-corrected chi connectivity index (χ4v) is 4.05. The number of anilines is 1. The van der Waals surface area contributed by atoms with Crippen molar-refractivity contribution in [2.24, 2.45) is 0 Å². The molecule has 0 heterocycles. The zero-order valence-electron chi connectivity index (χ0n) is 17.3. The maximum atomic E-state index is 12.6. The summed E-state index contributed by atoms with van der Waals surface area (Å²) < 4.78 is 5.37. The molecule has 1 N–H and O–H groups in total. The molecule has 0 radical (unpaired) electrons. The number of methoxy groups -OCH3 is 1. The lowest BCUT2D eigenvalue weighted by Gasteiger charge is -2.31. The largest absolute Gasteiger partial charge is 0.496 e. The number of nitrogens with one attached hydrogen (secondary N) is 1. The Morgan fingerprint density at radius 2 is 1.89 bits per heavy atom. The van der Waals surface area contributed by atoms with Gasteiger partial charge in [0.1, 0.15) is 5.75 Å². The molecule has 3 rings (SSSR count). The first-order valence-electron chi connectivity index (χ1n) is 10.3. The van der Waals surface area contributed by atoms with E-state index in [1.54, 1.807) is 7.11 Å². The van der Waals surface area contributed by atoms with E-state index in [1.807, 2.05) is 43.3 Å². The van der Waals surface area contributed by atoms with Gasteiger partial charge in [0.15, 0.2) is 0 Å². The highest BCUT2D eigenvalue weighted by Crippen LogP contribution is 2.25. The third-order valence-electron chi connectivity index (χ3n) is 5.75. The molecule has 1 saturated carbocycles. The monoisotopic (exact) mass is 380 g/mol. The second-order valence-corrected chi connectivity index (χ2v) is 7.89. The number of benzene rings is 2. The van der Waals surface area contributed by atoms with E-state index in [1.165, 1.54) is 37.7 Å². The number of hydrogen-bond acceptors (Lipinski definition) is 3. The number of carbonyl (C=O) groups excluding carboxylic acids is 1. The van der Waals surface area contributed by atoms with E-state index >= 15 is 0 Å². The van der Waals surface area contributed by atoms with Crippen LogP contribution in [-0.2, 0) is 17.8 Å². The highest BCUT2D eigenvalue weighted by Gasteiger charge is 2.19. The van der Waals surface area contributed by atoms with Crippen LogP contribution in [0.15, 0.2) is 42.5 Å². The fraction of sp³-hybridized carbons (Fsp3) is 0.458. The Labute approximate surface area is 168 Å². The van der Waals surface area contributed by atoms with Crippen LogP contribution in [0.4, 0.5) is 5.69 Å². The molecule has 4 heteroatoms. The minimum atomic E-state index is -0.00123. The zero-order valence-corrected chi connectivity index (χ0v) is 17.3. The maximum absolute atomic E-state index is 12.6. The molecule has 0 saturated heterocycles. The standard InChI is InChI=1S/C24H32N2O2/c1-18-13-14-19(15-23(18)28-3)16-24(27)25-22-12-8-7-9-20(22)17-26(2)21-10-5-4-6-11-21/h7-9,12-15,21H,4-6,10-11,16-17H2,1-3H3,(H,25,27). The van der Waals surface area contributed by atoms with Crippen LogP contribution in [0.2, 0.25) is 0 Å². The molecule has 2 aromatic carbocycles. The number of carbonyl (C=O) groups is 1. The zero-order chi connectivity index (χ0) is 19.9. The van der Waals surface area contributed by atoms with Crippen LogP contribution in [0.1, 0.15) is 48.8 Å². The Balaban J connectivity index is 1.64. The summed E-state index contributed by atoms with van der Waals surface area (Å²) in [7, 11) is 3.86. The van der Waals surface area contributed by atoms with E-state index in [-0.39, 0.29) is 5.91 Å². The van der Waals surface area contributed by atoms with Crippen LogP contribution in [-0.4, -0.2) is 31.0 Å². The summed E-state index contributed by atoms with van der Waals surface area (Å²) in [6.45, 7) is 2.86. The van der Waals surface area contributed by atoms with Gasteiger partial charge in [-0.2, -0.15) is 0 Å². The SMILES string of the molecule is COc1cc(CC(=O)Nc2ccccc2CN(C)C2CCCCC2)ccc1C. The molecule has 0 aliphatic heterocycles. The summed E-state index contributed by atoms with van der Waals surface area (Å²) in [5.41, 5.74) is 4.11. The average molecular weight is 381 g/mol. The molecule has 2 aromatic rings. The van der Waals surface area contributed by atoms with E-state index in [0.717, 1.165) is 29.1 Å². The number of aryl methyl sites for hydroxylation is 1. The first-order chi connectivity index (χ1) is 13.6. The van der Waals surface area contributed by atoms with Gasteiger partial charge in [0.25, 0.3) is 0 Å². The second kappa shape index (κ2) is 9.74. The molecule has 1 fully saturated rings. The highest BCUT2D eigenvalue weighted by atomic mass is 16.5. The van der Waals surface area contributed by atoms with Crippen molar-refractivity contribution >= 4 is 11.6 Å². The van der Waals surface area contributed by atoms with Crippen molar-refractivity contribution in [3.8, 4) is 5.75 Å². The predicted molar refractivity (Wildman–Crippen MR) is 115 cm³/mol. The lowest BCUT2D eigenvalue weighted by Crippen LogP contribution is -2.33. The second-order valence-electron chi connectivity index (χ2n) is 7.89. The molecule has 0 spiro atoms. The van der Waals surface area contributed by atoms with Crippen LogP contribution < -0.4 is 10.1 Å². The van der Waals surface area contributed by atoms with Gasteiger partial charge in [-0.15, -0.1) is 0 Å². The summed E-state index contributed by atoms with van der Waals surface area (Å²) in [6, 6.07) is 14.7. The number of amides is 1. The van der Waals surface area contributed by atoms with Gasteiger partial charge in [0.2, 0.25) is 5.91 Å². The van der Waals surface area contributed by atoms with Crippen molar-refractivity contribution in [3.05, 3.63) is 59.2 Å². The first kappa shape index (κ1) is 20.4. The molecule has 28 heavy (non-hydrogen) atoms. The van der Waals surface area contributed by atoms with Gasteiger partial charge >= 0.3 is 0 Å².